The minimum Gasteiger partial charge on any atom is -0.491 e. The minimum atomic E-state index is -0.788. The second-order valence-corrected chi connectivity index (χ2v) is 5.59. The Balaban J connectivity index is 2.61. The average molecular weight is 360 g/mol. The molecule has 1 rings (SSSR count). The fraction of sp³-hybridized carbons (Fsp3) is 0.533. The topological polar surface area (TPSA) is 59.0 Å². The summed E-state index contributed by atoms with van der Waals surface area (Å²) in [6.07, 6.45) is 0.130. The van der Waals surface area contributed by atoms with Crippen molar-refractivity contribution in [2.24, 2.45) is 0 Å². The summed E-state index contributed by atoms with van der Waals surface area (Å²) in [5.41, 5.74) is 1.02. The van der Waals surface area contributed by atoms with Gasteiger partial charge in [-0.25, -0.2) is 0 Å². The Morgan fingerprint density at radius 1 is 1.38 bits per heavy atom. The summed E-state index contributed by atoms with van der Waals surface area (Å²) >= 11 is 3.45. The third-order valence-corrected chi connectivity index (χ3v) is 3.35. The summed E-state index contributed by atoms with van der Waals surface area (Å²) in [4.78, 5) is 12.6. The Bertz CT molecular complexity index is 453. The summed E-state index contributed by atoms with van der Waals surface area (Å²) in [6, 6.07) is 5.83. The Kier molecular flexibility index (Phi) is 8.34. The van der Waals surface area contributed by atoms with Gasteiger partial charge in [-0.1, -0.05) is 15.9 Å². The van der Waals surface area contributed by atoms with Gasteiger partial charge < -0.3 is 19.5 Å². The number of hydrogen-bond acceptors (Lipinski definition) is 4. The van der Waals surface area contributed by atoms with Crippen LogP contribution in [0.25, 0.3) is 0 Å². The number of aliphatic carboxylic acids is 1. The van der Waals surface area contributed by atoms with Crippen LogP contribution in [0.2, 0.25) is 0 Å². The van der Waals surface area contributed by atoms with E-state index < -0.39 is 5.97 Å². The van der Waals surface area contributed by atoms with Crippen molar-refractivity contribution in [3.63, 3.8) is 0 Å². The van der Waals surface area contributed by atoms with Gasteiger partial charge in [-0.2, -0.15) is 0 Å². The second kappa shape index (κ2) is 9.76. The zero-order valence-corrected chi connectivity index (χ0v) is 14.1. The molecular weight excluding hydrogens is 338 g/mol. The molecule has 0 bridgehead atoms. The number of nitrogens with zero attached hydrogens (tertiary/aromatic N) is 1. The van der Waals surface area contributed by atoms with E-state index in [1.54, 1.807) is 0 Å². The second-order valence-electron chi connectivity index (χ2n) is 4.68. The van der Waals surface area contributed by atoms with Crippen molar-refractivity contribution in [1.29, 1.82) is 0 Å². The summed E-state index contributed by atoms with van der Waals surface area (Å²) in [6.45, 7) is 4.82. The van der Waals surface area contributed by atoms with Crippen LogP contribution in [0.15, 0.2) is 22.7 Å². The fourth-order valence-corrected chi connectivity index (χ4v) is 2.23. The lowest BCUT2D eigenvalue weighted by molar-refractivity contribution is -0.137. The van der Waals surface area contributed by atoms with Gasteiger partial charge in [0, 0.05) is 29.7 Å². The van der Waals surface area contributed by atoms with E-state index in [2.05, 4.69) is 15.9 Å². The van der Waals surface area contributed by atoms with Crippen molar-refractivity contribution < 1.29 is 19.4 Å². The molecule has 0 fully saturated rings. The Morgan fingerprint density at radius 3 is 2.81 bits per heavy atom. The van der Waals surface area contributed by atoms with Crippen molar-refractivity contribution in [1.82, 2.24) is 4.90 Å². The normalized spacial score (nSPS) is 10.9. The monoisotopic (exact) mass is 359 g/mol. The first-order valence-electron chi connectivity index (χ1n) is 6.92. The van der Waals surface area contributed by atoms with Crippen LogP contribution in [-0.2, 0) is 16.1 Å². The standard InChI is InChI=1S/C15H22BrNO4/c1-3-20-8-9-21-14-5-4-13(16)10-12(14)11-17(2)7-6-15(18)19/h4-5,10H,3,6-9,11H2,1-2H3,(H,18,19). The summed E-state index contributed by atoms with van der Waals surface area (Å²) in [5, 5.41) is 8.72. The predicted molar refractivity (Wildman–Crippen MR) is 84.7 cm³/mol. The highest BCUT2D eigenvalue weighted by atomic mass is 79.9. The van der Waals surface area contributed by atoms with Gasteiger partial charge in [0.25, 0.3) is 0 Å². The van der Waals surface area contributed by atoms with E-state index in [0.717, 1.165) is 15.8 Å². The lowest BCUT2D eigenvalue weighted by Crippen LogP contribution is -2.22. The first-order valence-corrected chi connectivity index (χ1v) is 7.71. The highest BCUT2D eigenvalue weighted by Crippen LogP contribution is 2.24. The Labute approximate surface area is 134 Å². The Morgan fingerprint density at radius 2 is 2.14 bits per heavy atom. The molecule has 0 spiro atoms. The SMILES string of the molecule is CCOCCOc1ccc(Br)cc1CN(C)CCC(=O)O. The molecule has 0 aliphatic carbocycles. The quantitative estimate of drug-likeness (QED) is 0.651. The smallest absolute Gasteiger partial charge is 0.304 e. The van der Waals surface area contributed by atoms with Crippen molar-refractivity contribution in [2.75, 3.05) is 33.4 Å². The van der Waals surface area contributed by atoms with Crippen molar-refractivity contribution in [3.8, 4) is 5.75 Å². The van der Waals surface area contributed by atoms with Crippen LogP contribution in [0.3, 0.4) is 0 Å². The van der Waals surface area contributed by atoms with Crippen LogP contribution in [0.1, 0.15) is 18.9 Å². The van der Waals surface area contributed by atoms with Crippen LogP contribution < -0.4 is 4.74 Å². The summed E-state index contributed by atoms with van der Waals surface area (Å²) in [7, 11) is 1.90. The molecule has 6 heteroatoms. The third kappa shape index (κ3) is 7.45. The largest absolute Gasteiger partial charge is 0.491 e. The first kappa shape index (κ1) is 17.9. The molecule has 1 aromatic carbocycles. The van der Waals surface area contributed by atoms with E-state index in [4.69, 9.17) is 14.6 Å². The molecule has 0 saturated carbocycles. The van der Waals surface area contributed by atoms with Gasteiger partial charge in [-0.05, 0) is 32.2 Å². The zero-order chi connectivity index (χ0) is 15.7. The fourth-order valence-electron chi connectivity index (χ4n) is 1.82. The number of carboxylic acids is 1. The highest BCUT2D eigenvalue weighted by Gasteiger charge is 2.09. The number of carboxylic acid groups (broad SMARTS) is 1. The average Bonchev–Trinajstić information content (AvgIpc) is 2.43. The molecule has 0 amide bonds. The van der Waals surface area contributed by atoms with E-state index in [1.165, 1.54) is 0 Å². The number of ether oxygens (including phenoxy) is 2. The predicted octanol–water partition coefficient (Wildman–Crippen LogP) is 2.77. The molecule has 1 aromatic rings. The lowest BCUT2D eigenvalue weighted by Gasteiger charge is -2.18. The highest BCUT2D eigenvalue weighted by molar-refractivity contribution is 9.10. The maximum atomic E-state index is 10.6. The first-order chi connectivity index (χ1) is 10.0. The molecule has 0 unspecified atom stereocenters. The number of benzene rings is 1. The van der Waals surface area contributed by atoms with Crippen molar-refractivity contribution in [3.05, 3.63) is 28.2 Å². The Hall–Kier alpha value is -1.11. The molecule has 118 valence electrons. The van der Waals surface area contributed by atoms with Crippen molar-refractivity contribution >= 4 is 21.9 Å². The van der Waals surface area contributed by atoms with E-state index in [1.807, 2.05) is 37.1 Å². The van der Waals surface area contributed by atoms with E-state index >= 15 is 0 Å². The van der Waals surface area contributed by atoms with Crippen LogP contribution in [0.4, 0.5) is 0 Å². The lowest BCUT2D eigenvalue weighted by atomic mass is 10.2. The number of carbonyl (C=O) groups is 1. The summed E-state index contributed by atoms with van der Waals surface area (Å²) in [5.74, 6) is 0.0179. The molecule has 0 saturated heterocycles. The maximum Gasteiger partial charge on any atom is 0.304 e. The van der Waals surface area contributed by atoms with Gasteiger partial charge in [0.1, 0.15) is 12.4 Å². The molecule has 1 N–H and O–H groups in total. The molecule has 0 aromatic heterocycles. The maximum absolute atomic E-state index is 10.6. The van der Waals surface area contributed by atoms with Crippen molar-refractivity contribution in [2.45, 2.75) is 19.9 Å². The minimum absolute atomic E-state index is 0.130. The van der Waals surface area contributed by atoms with Gasteiger partial charge >= 0.3 is 5.97 Å². The van der Waals surface area contributed by atoms with Crippen LogP contribution >= 0.6 is 15.9 Å². The van der Waals surface area contributed by atoms with E-state index in [-0.39, 0.29) is 6.42 Å². The molecule has 5 nitrogen and oxygen atoms in total. The van der Waals surface area contributed by atoms with Gasteiger partial charge in [0.05, 0.1) is 13.0 Å². The molecule has 0 aliphatic rings. The van der Waals surface area contributed by atoms with Crippen LogP contribution in [0.5, 0.6) is 5.75 Å². The van der Waals surface area contributed by atoms with Gasteiger partial charge in [0.2, 0.25) is 0 Å². The molecule has 21 heavy (non-hydrogen) atoms. The number of halogens is 1. The number of hydrogen-bond donors (Lipinski definition) is 1. The molecular formula is C15H22BrNO4. The molecule has 0 radical (unpaired) electrons. The molecule has 0 aliphatic heterocycles. The van der Waals surface area contributed by atoms with Gasteiger partial charge in [-0.15, -0.1) is 0 Å². The van der Waals surface area contributed by atoms with Crippen LogP contribution in [-0.4, -0.2) is 49.4 Å². The van der Waals surface area contributed by atoms with E-state index in [0.29, 0.717) is 32.9 Å². The summed E-state index contributed by atoms with van der Waals surface area (Å²) < 4.78 is 12.0. The van der Waals surface area contributed by atoms with Gasteiger partial charge in [-0.3, -0.25) is 4.79 Å². The third-order valence-electron chi connectivity index (χ3n) is 2.86. The molecule has 0 atom stereocenters. The van der Waals surface area contributed by atoms with E-state index in [9.17, 15) is 4.79 Å². The van der Waals surface area contributed by atoms with Gasteiger partial charge in [0.15, 0.2) is 0 Å². The molecule has 0 heterocycles. The zero-order valence-electron chi connectivity index (χ0n) is 12.5. The number of rotatable bonds is 10. The van der Waals surface area contributed by atoms with Crippen LogP contribution in [0, 0.1) is 0 Å².